The molecular formula is C7H12ClN3S. The summed E-state index contributed by atoms with van der Waals surface area (Å²) in [4.78, 5) is 4.24. The summed E-state index contributed by atoms with van der Waals surface area (Å²) in [6.07, 6.45) is 3.82. The second-order valence-electron chi connectivity index (χ2n) is 2.72. The highest BCUT2D eigenvalue weighted by Gasteiger charge is 2.19. The first-order valence-electron chi connectivity index (χ1n) is 3.71. The number of aryl methyl sites for hydroxylation is 1. The van der Waals surface area contributed by atoms with E-state index in [1.807, 2.05) is 31.2 Å². The first kappa shape index (κ1) is 9.89. The molecular weight excluding hydrogens is 194 g/mol. The van der Waals surface area contributed by atoms with Crippen molar-refractivity contribution in [3.8, 4) is 0 Å². The Morgan fingerprint density at radius 1 is 1.67 bits per heavy atom. The van der Waals surface area contributed by atoms with E-state index in [0.717, 1.165) is 23.5 Å². The Hall–Kier alpha value is -0.190. The second-order valence-corrected chi connectivity index (χ2v) is 3.99. The van der Waals surface area contributed by atoms with Gasteiger partial charge in [-0.2, -0.15) is 0 Å². The number of rotatable bonds is 2. The summed E-state index contributed by atoms with van der Waals surface area (Å²) >= 11 is 1.85. The zero-order chi connectivity index (χ0) is 7.68. The van der Waals surface area contributed by atoms with Crippen molar-refractivity contribution >= 4 is 24.2 Å². The minimum atomic E-state index is 0. The zero-order valence-electron chi connectivity index (χ0n) is 6.86. The molecule has 0 radical (unpaired) electrons. The van der Waals surface area contributed by atoms with E-state index in [0.29, 0.717) is 0 Å². The van der Waals surface area contributed by atoms with Gasteiger partial charge in [-0.15, -0.1) is 12.4 Å². The summed E-state index contributed by atoms with van der Waals surface area (Å²) in [6, 6.07) is 0. The van der Waals surface area contributed by atoms with Gasteiger partial charge in [0.15, 0.2) is 5.16 Å². The summed E-state index contributed by atoms with van der Waals surface area (Å²) in [6.45, 7) is 2.25. The van der Waals surface area contributed by atoms with Gasteiger partial charge in [0.2, 0.25) is 0 Å². The summed E-state index contributed by atoms with van der Waals surface area (Å²) < 4.78 is 2.06. The molecule has 1 saturated heterocycles. The number of hydrogen-bond acceptors (Lipinski definition) is 3. The van der Waals surface area contributed by atoms with Crippen molar-refractivity contribution in [3.05, 3.63) is 12.4 Å². The molecule has 0 aromatic carbocycles. The maximum atomic E-state index is 4.24. The molecule has 12 heavy (non-hydrogen) atoms. The van der Waals surface area contributed by atoms with Crippen LogP contribution in [-0.4, -0.2) is 27.9 Å². The van der Waals surface area contributed by atoms with E-state index in [1.54, 1.807) is 0 Å². The lowest BCUT2D eigenvalue weighted by Gasteiger charge is -2.25. The second kappa shape index (κ2) is 4.16. The average Bonchev–Trinajstić information content (AvgIpc) is 2.27. The Bertz CT molecular complexity index is 247. The van der Waals surface area contributed by atoms with Gasteiger partial charge in [-0.05, 0) is 0 Å². The summed E-state index contributed by atoms with van der Waals surface area (Å²) in [7, 11) is 2.03. The quantitative estimate of drug-likeness (QED) is 0.779. The molecule has 5 heteroatoms. The Labute approximate surface area is 82.4 Å². The van der Waals surface area contributed by atoms with Crippen molar-refractivity contribution < 1.29 is 0 Å². The monoisotopic (exact) mass is 205 g/mol. The molecule has 2 rings (SSSR count). The van der Waals surface area contributed by atoms with Crippen LogP contribution >= 0.6 is 24.2 Å². The van der Waals surface area contributed by atoms with Crippen molar-refractivity contribution in [2.24, 2.45) is 7.05 Å². The number of imidazole rings is 1. The van der Waals surface area contributed by atoms with E-state index < -0.39 is 0 Å². The molecule has 1 N–H and O–H groups in total. The van der Waals surface area contributed by atoms with Gasteiger partial charge in [0, 0.05) is 37.8 Å². The van der Waals surface area contributed by atoms with Crippen LogP contribution in [0, 0.1) is 0 Å². The number of aromatic nitrogens is 2. The average molecular weight is 206 g/mol. The highest BCUT2D eigenvalue weighted by Crippen LogP contribution is 2.22. The Morgan fingerprint density at radius 3 is 2.83 bits per heavy atom. The van der Waals surface area contributed by atoms with Crippen LogP contribution in [0.1, 0.15) is 0 Å². The molecule has 1 aromatic heterocycles. The normalized spacial score (nSPS) is 16.8. The molecule has 2 heterocycles. The Morgan fingerprint density at radius 2 is 2.42 bits per heavy atom. The van der Waals surface area contributed by atoms with Crippen LogP contribution in [0.2, 0.25) is 0 Å². The van der Waals surface area contributed by atoms with Crippen LogP contribution in [-0.2, 0) is 7.05 Å². The van der Waals surface area contributed by atoms with E-state index in [2.05, 4.69) is 14.9 Å². The van der Waals surface area contributed by atoms with Gasteiger partial charge in [0.25, 0.3) is 0 Å². The first-order valence-corrected chi connectivity index (χ1v) is 4.59. The van der Waals surface area contributed by atoms with Crippen LogP contribution in [0.5, 0.6) is 0 Å². The molecule has 1 aliphatic heterocycles. The van der Waals surface area contributed by atoms with Crippen molar-refractivity contribution in [2.45, 2.75) is 10.4 Å². The molecule has 0 bridgehead atoms. The van der Waals surface area contributed by atoms with Crippen molar-refractivity contribution in [1.82, 2.24) is 14.9 Å². The summed E-state index contributed by atoms with van der Waals surface area (Å²) in [5, 5.41) is 5.09. The third kappa shape index (κ3) is 1.94. The van der Waals surface area contributed by atoms with E-state index in [4.69, 9.17) is 0 Å². The van der Waals surface area contributed by atoms with Gasteiger partial charge in [0.05, 0.1) is 0 Å². The topological polar surface area (TPSA) is 29.9 Å². The zero-order valence-corrected chi connectivity index (χ0v) is 8.49. The molecule has 0 atom stereocenters. The summed E-state index contributed by atoms with van der Waals surface area (Å²) in [5.74, 6) is 0. The predicted octanol–water partition coefficient (Wildman–Crippen LogP) is 0.906. The molecule has 1 aromatic rings. The van der Waals surface area contributed by atoms with Gasteiger partial charge in [-0.25, -0.2) is 4.98 Å². The lowest BCUT2D eigenvalue weighted by Crippen LogP contribution is -2.44. The number of thioether (sulfide) groups is 1. The molecule has 68 valence electrons. The third-order valence-electron chi connectivity index (χ3n) is 1.79. The van der Waals surface area contributed by atoms with Gasteiger partial charge < -0.3 is 9.88 Å². The molecule has 0 amide bonds. The van der Waals surface area contributed by atoms with Crippen molar-refractivity contribution in [1.29, 1.82) is 0 Å². The molecule has 0 spiro atoms. The fraction of sp³-hybridized carbons (Fsp3) is 0.571. The van der Waals surface area contributed by atoms with E-state index >= 15 is 0 Å². The van der Waals surface area contributed by atoms with Gasteiger partial charge in [-0.3, -0.25) is 0 Å². The number of hydrogen-bond donors (Lipinski definition) is 1. The highest BCUT2D eigenvalue weighted by molar-refractivity contribution is 7.99. The van der Waals surface area contributed by atoms with Crippen LogP contribution < -0.4 is 5.32 Å². The number of nitrogens with one attached hydrogen (secondary N) is 1. The fourth-order valence-electron chi connectivity index (χ4n) is 0.960. The highest BCUT2D eigenvalue weighted by atomic mass is 35.5. The summed E-state index contributed by atoms with van der Waals surface area (Å²) in [5.41, 5.74) is 0. The molecule has 0 unspecified atom stereocenters. The fourth-order valence-corrected chi connectivity index (χ4v) is 2.01. The van der Waals surface area contributed by atoms with E-state index in [9.17, 15) is 0 Å². The maximum Gasteiger partial charge on any atom is 0.168 e. The van der Waals surface area contributed by atoms with Crippen LogP contribution in [0.4, 0.5) is 0 Å². The minimum Gasteiger partial charge on any atom is -0.329 e. The lowest BCUT2D eigenvalue weighted by atomic mass is 10.3. The van der Waals surface area contributed by atoms with Crippen LogP contribution in [0.15, 0.2) is 17.6 Å². The van der Waals surface area contributed by atoms with Crippen molar-refractivity contribution in [2.75, 3.05) is 13.1 Å². The van der Waals surface area contributed by atoms with Gasteiger partial charge in [-0.1, -0.05) is 11.8 Å². The molecule has 0 aliphatic carbocycles. The SMILES string of the molecule is Cl.Cn1ccnc1SC1CNC1. The minimum absolute atomic E-state index is 0. The first-order chi connectivity index (χ1) is 5.36. The smallest absolute Gasteiger partial charge is 0.168 e. The van der Waals surface area contributed by atoms with Crippen LogP contribution in [0.3, 0.4) is 0 Å². The molecule has 0 saturated carbocycles. The lowest BCUT2D eigenvalue weighted by molar-refractivity contribution is 0.541. The maximum absolute atomic E-state index is 4.24. The van der Waals surface area contributed by atoms with Crippen molar-refractivity contribution in [3.63, 3.8) is 0 Å². The van der Waals surface area contributed by atoms with E-state index in [-0.39, 0.29) is 12.4 Å². The van der Waals surface area contributed by atoms with Crippen LogP contribution in [0.25, 0.3) is 0 Å². The number of halogens is 1. The van der Waals surface area contributed by atoms with Gasteiger partial charge in [0.1, 0.15) is 0 Å². The Kier molecular flexibility index (Phi) is 3.43. The molecule has 1 aliphatic rings. The standard InChI is InChI=1S/C7H11N3S.ClH/c1-10-3-2-9-7(10)11-6-4-8-5-6;/h2-3,6,8H,4-5H2,1H3;1H. The van der Waals surface area contributed by atoms with E-state index in [1.165, 1.54) is 0 Å². The largest absolute Gasteiger partial charge is 0.329 e. The predicted molar refractivity (Wildman–Crippen MR) is 53.0 cm³/mol. The molecule has 3 nitrogen and oxygen atoms in total. The molecule has 1 fully saturated rings. The Balaban J connectivity index is 0.000000720. The third-order valence-corrected chi connectivity index (χ3v) is 3.06. The number of nitrogens with zero attached hydrogens (tertiary/aromatic N) is 2. The van der Waals surface area contributed by atoms with Gasteiger partial charge >= 0.3 is 0 Å².